The lowest BCUT2D eigenvalue weighted by molar-refractivity contribution is 0.211. The van der Waals surface area contributed by atoms with Gasteiger partial charge in [-0.3, -0.25) is 25.0 Å². The van der Waals surface area contributed by atoms with E-state index in [1.165, 1.54) is 60.8 Å². The van der Waals surface area contributed by atoms with Gasteiger partial charge in [0.2, 0.25) is 0 Å². The molecule has 9 nitrogen and oxygen atoms in total. The van der Waals surface area contributed by atoms with Crippen LogP contribution < -0.4 is 10.0 Å². The van der Waals surface area contributed by atoms with Crippen molar-refractivity contribution in [3.63, 3.8) is 0 Å². The molecule has 14 heteroatoms. The van der Waals surface area contributed by atoms with Crippen molar-refractivity contribution in [1.82, 2.24) is 35.3 Å². The molecule has 0 saturated heterocycles. The summed E-state index contributed by atoms with van der Waals surface area (Å²) in [6.07, 6.45) is 8.64. The van der Waals surface area contributed by atoms with Crippen molar-refractivity contribution in [2.75, 3.05) is 23.1 Å². The standard InChI is InChI=1S/C39H32F5N9/c40-26-8-1-7-25(34(26)44)30-12-14-32(50-48-30)52(23-38(16-5-17-38)36-28(42)10-3-21-46-36)53(24-39(18-6-19-39)37-29(43)11-4-22-47-37)33-15-13-31(49-51-33)35-27(41)9-2-20-45-35/h1-4,7-15,20-22H,5-6,16-19,23-24H2. The number of rotatable bonds is 11. The van der Waals surface area contributed by atoms with Crippen LogP contribution in [0, 0.1) is 29.1 Å². The van der Waals surface area contributed by atoms with Crippen molar-refractivity contribution in [1.29, 1.82) is 0 Å². The first-order valence-electron chi connectivity index (χ1n) is 17.3. The Morgan fingerprint density at radius 2 is 0.981 bits per heavy atom. The molecule has 0 spiro atoms. The summed E-state index contributed by atoms with van der Waals surface area (Å²) in [6, 6.07) is 18.8. The van der Waals surface area contributed by atoms with Crippen molar-refractivity contribution >= 4 is 11.6 Å². The molecule has 0 N–H and O–H groups in total. The average Bonchev–Trinajstić information content (AvgIpc) is 3.14. The quantitative estimate of drug-likeness (QED) is 0.0976. The summed E-state index contributed by atoms with van der Waals surface area (Å²) in [7, 11) is 0. The summed E-state index contributed by atoms with van der Waals surface area (Å²) in [5.74, 6) is -2.98. The van der Waals surface area contributed by atoms with Gasteiger partial charge in [-0.2, -0.15) is 0 Å². The highest BCUT2D eigenvalue weighted by Crippen LogP contribution is 2.48. The van der Waals surface area contributed by atoms with Crippen LogP contribution in [0.4, 0.5) is 33.6 Å². The van der Waals surface area contributed by atoms with Crippen molar-refractivity contribution < 1.29 is 22.0 Å². The highest BCUT2D eigenvalue weighted by molar-refractivity contribution is 5.62. The van der Waals surface area contributed by atoms with E-state index in [-0.39, 0.29) is 41.6 Å². The minimum atomic E-state index is -1.06. The van der Waals surface area contributed by atoms with Gasteiger partial charge in [-0.15, -0.1) is 20.4 Å². The van der Waals surface area contributed by atoms with Crippen molar-refractivity contribution in [3.05, 3.63) is 138 Å². The molecule has 2 aliphatic rings. The number of pyridine rings is 3. The van der Waals surface area contributed by atoms with Gasteiger partial charge in [-0.05, 0) is 98.5 Å². The first-order chi connectivity index (χ1) is 25.8. The maximum absolute atomic E-state index is 15.5. The zero-order chi connectivity index (χ0) is 36.6. The molecule has 0 amide bonds. The molecule has 0 atom stereocenters. The summed E-state index contributed by atoms with van der Waals surface area (Å²) < 4.78 is 74.8. The van der Waals surface area contributed by atoms with Crippen LogP contribution in [0.15, 0.2) is 97.5 Å². The van der Waals surface area contributed by atoms with E-state index in [0.717, 1.165) is 18.9 Å². The topological polar surface area (TPSA) is 96.7 Å². The number of hydrazine groups is 1. The van der Waals surface area contributed by atoms with Crippen LogP contribution in [0.2, 0.25) is 0 Å². The normalized spacial score (nSPS) is 15.6. The molecule has 0 bridgehead atoms. The van der Waals surface area contributed by atoms with Crippen LogP contribution >= 0.6 is 0 Å². The lowest BCUT2D eigenvalue weighted by Gasteiger charge is -2.51. The van der Waals surface area contributed by atoms with Crippen LogP contribution in [-0.2, 0) is 10.8 Å². The predicted octanol–water partition coefficient (Wildman–Crippen LogP) is 7.95. The molecule has 0 unspecified atom stereocenters. The van der Waals surface area contributed by atoms with Crippen LogP contribution in [0.1, 0.15) is 49.9 Å². The SMILES string of the molecule is Fc1cccnc1-c1ccc(N(CC2(c3ncccc3F)CCC2)N(CC2(c3ncccc3F)CCC2)c2ccc(-c3cccc(F)c3F)nn2)nn1. The highest BCUT2D eigenvalue weighted by atomic mass is 19.2. The zero-order valence-corrected chi connectivity index (χ0v) is 28.3. The third kappa shape index (κ3) is 6.31. The van der Waals surface area contributed by atoms with Crippen LogP contribution in [0.25, 0.3) is 22.6 Å². The van der Waals surface area contributed by atoms with E-state index in [9.17, 15) is 13.2 Å². The van der Waals surface area contributed by atoms with Gasteiger partial charge in [-0.1, -0.05) is 18.9 Å². The van der Waals surface area contributed by atoms with Gasteiger partial charge in [0.15, 0.2) is 29.1 Å². The Labute approximate surface area is 301 Å². The molecule has 5 heterocycles. The lowest BCUT2D eigenvalue weighted by atomic mass is 9.65. The van der Waals surface area contributed by atoms with Gasteiger partial charge in [-0.25, -0.2) is 22.0 Å². The second-order valence-electron chi connectivity index (χ2n) is 13.5. The summed E-state index contributed by atoms with van der Waals surface area (Å²) in [5.41, 5.74) is -0.702. The number of anilines is 2. The van der Waals surface area contributed by atoms with E-state index in [0.29, 0.717) is 42.9 Å². The first-order valence-corrected chi connectivity index (χ1v) is 17.3. The van der Waals surface area contributed by atoms with Crippen LogP contribution in [-0.4, -0.2) is 48.4 Å². The Morgan fingerprint density at radius 3 is 1.43 bits per heavy atom. The molecule has 8 rings (SSSR count). The summed E-state index contributed by atoms with van der Waals surface area (Å²) in [4.78, 5) is 13.1. The number of halogens is 5. The summed E-state index contributed by atoms with van der Waals surface area (Å²) >= 11 is 0. The minimum absolute atomic E-state index is 0.0195. The van der Waals surface area contributed by atoms with Gasteiger partial charge in [0.05, 0.1) is 30.2 Å². The molecule has 2 aliphatic carbocycles. The fourth-order valence-corrected chi connectivity index (χ4v) is 7.32. The third-order valence-electron chi connectivity index (χ3n) is 10.4. The molecule has 2 fully saturated rings. The summed E-state index contributed by atoms with van der Waals surface area (Å²) in [6.45, 7) is 0.290. The second kappa shape index (κ2) is 13.9. The maximum atomic E-state index is 15.5. The molecule has 0 aliphatic heterocycles. The second-order valence-corrected chi connectivity index (χ2v) is 13.5. The lowest BCUT2D eigenvalue weighted by Crippen LogP contribution is -2.58. The first kappa shape index (κ1) is 34.2. The van der Waals surface area contributed by atoms with E-state index >= 15 is 8.78 Å². The van der Waals surface area contributed by atoms with Gasteiger partial charge in [0, 0.05) is 35.0 Å². The maximum Gasteiger partial charge on any atom is 0.169 e. The zero-order valence-electron chi connectivity index (χ0n) is 28.3. The van der Waals surface area contributed by atoms with Gasteiger partial charge in [0.25, 0.3) is 0 Å². The van der Waals surface area contributed by atoms with E-state index in [2.05, 4.69) is 35.3 Å². The van der Waals surface area contributed by atoms with E-state index in [1.54, 1.807) is 40.6 Å². The van der Waals surface area contributed by atoms with Crippen molar-refractivity contribution in [2.24, 2.45) is 0 Å². The highest BCUT2D eigenvalue weighted by Gasteiger charge is 2.48. The van der Waals surface area contributed by atoms with Gasteiger partial charge in [0.1, 0.15) is 23.0 Å². The number of benzene rings is 1. The average molecular weight is 722 g/mol. The molecule has 53 heavy (non-hydrogen) atoms. The Kier molecular flexibility index (Phi) is 8.96. The monoisotopic (exact) mass is 721 g/mol. The fraction of sp³-hybridized carbons (Fsp3) is 0.256. The van der Waals surface area contributed by atoms with Gasteiger partial charge >= 0.3 is 0 Å². The number of nitrogens with zero attached hydrogens (tertiary/aromatic N) is 9. The summed E-state index contributed by atoms with van der Waals surface area (Å²) in [5, 5.41) is 21.3. The minimum Gasteiger partial charge on any atom is -0.264 e. The molecular weight excluding hydrogens is 689 g/mol. The smallest absolute Gasteiger partial charge is 0.169 e. The molecule has 5 aromatic heterocycles. The van der Waals surface area contributed by atoms with E-state index < -0.39 is 39.9 Å². The van der Waals surface area contributed by atoms with Crippen molar-refractivity contribution in [2.45, 2.75) is 49.4 Å². The Hall–Kier alpha value is -5.92. The molecule has 6 aromatic rings. The van der Waals surface area contributed by atoms with Crippen molar-refractivity contribution in [3.8, 4) is 22.6 Å². The van der Waals surface area contributed by atoms with Crippen LogP contribution in [0.3, 0.4) is 0 Å². The van der Waals surface area contributed by atoms with E-state index in [4.69, 9.17) is 0 Å². The molecular formula is C39H32F5N9. The Bertz CT molecular complexity index is 2250. The predicted molar refractivity (Wildman–Crippen MR) is 187 cm³/mol. The third-order valence-corrected chi connectivity index (χ3v) is 10.4. The fourth-order valence-electron chi connectivity index (χ4n) is 7.32. The Morgan fingerprint density at radius 1 is 0.491 bits per heavy atom. The van der Waals surface area contributed by atoms with Crippen LogP contribution in [0.5, 0.6) is 0 Å². The Balaban J connectivity index is 1.28. The number of aromatic nitrogens is 7. The molecule has 2 saturated carbocycles. The molecule has 1 aromatic carbocycles. The van der Waals surface area contributed by atoms with Gasteiger partial charge < -0.3 is 0 Å². The number of hydrogen-bond donors (Lipinski definition) is 0. The number of hydrogen-bond acceptors (Lipinski definition) is 9. The molecule has 0 radical (unpaired) electrons. The largest absolute Gasteiger partial charge is 0.264 e. The van der Waals surface area contributed by atoms with E-state index in [1.807, 2.05) is 0 Å². The molecule has 268 valence electrons.